The minimum Gasteiger partial charge on any atom is -0.396 e. The molecular formula is C32H46N2O2. The highest BCUT2D eigenvalue weighted by molar-refractivity contribution is 5.49. The second-order valence-electron chi connectivity index (χ2n) is 6.97. The maximum absolute atomic E-state index is 9.10. The molecule has 1 aromatic carbocycles. The molecule has 0 aliphatic carbocycles. The molecule has 196 valence electrons. The van der Waals surface area contributed by atoms with Crippen molar-refractivity contribution in [1.29, 1.82) is 5.59 Å². The van der Waals surface area contributed by atoms with E-state index >= 15 is 0 Å². The zero-order valence-corrected chi connectivity index (χ0v) is 20.9. The highest BCUT2D eigenvalue weighted by Crippen LogP contribution is 2.19. The average molecular weight is 491 g/mol. The minimum absolute atomic E-state index is 0. The number of piperidine rings is 1. The Kier molecular flexibility index (Phi) is 21.8. The zero-order chi connectivity index (χ0) is 26.5. The molecule has 0 amide bonds. The SMILES string of the molecule is CC#CC#CC#CC#CC#CC#CC#CC.N=O.OCCC1CCCCN1C/C=C/c1ccccc1.[HH].[HH].[HH].[HH].[HH].[HH].[HH].[HH]. The summed E-state index contributed by atoms with van der Waals surface area (Å²) in [6.45, 7) is 5.90. The average Bonchev–Trinajstić information content (AvgIpc) is 2.93. The van der Waals surface area contributed by atoms with Crippen molar-refractivity contribution in [1.82, 2.24) is 4.90 Å². The van der Waals surface area contributed by atoms with Crippen molar-refractivity contribution in [3.05, 3.63) is 46.9 Å². The molecule has 1 aromatic rings. The van der Waals surface area contributed by atoms with Gasteiger partial charge in [0.2, 0.25) is 0 Å². The topological polar surface area (TPSA) is 64.4 Å². The first-order valence-electron chi connectivity index (χ1n) is 11.4. The van der Waals surface area contributed by atoms with E-state index in [0.29, 0.717) is 12.6 Å². The zero-order valence-electron chi connectivity index (χ0n) is 20.9. The van der Waals surface area contributed by atoms with Gasteiger partial charge in [-0.25, -0.2) is 0 Å². The molecule has 4 heteroatoms. The summed E-state index contributed by atoms with van der Waals surface area (Å²) in [5.74, 6) is 35.6. The summed E-state index contributed by atoms with van der Waals surface area (Å²) < 4.78 is 0. The standard InChI is InChI=1S/C16H23NO.C16H6.HNO.8H2/c18-14-11-16-10-4-5-12-17(16)13-6-9-15-7-2-1-3-8-15;1-3-5-7-9-11-13-15-16-14-12-10-8-6-4-2;1-2;;;;;;;;/h1-3,6-9,16,18H,4-5,10-14H2;1-2H3;1H;8*1H/b9-6+;;;;;;;;;;. The predicted molar refractivity (Wildman–Crippen MR) is 165 cm³/mol. The van der Waals surface area contributed by atoms with Crippen LogP contribution in [0.25, 0.3) is 6.08 Å². The van der Waals surface area contributed by atoms with Crippen molar-refractivity contribution in [3.8, 4) is 82.9 Å². The van der Waals surface area contributed by atoms with E-state index in [4.69, 9.17) is 10.0 Å². The third-order valence-electron chi connectivity index (χ3n) is 4.60. The van der Waals surface area contributed by atoms with Gasteiger partial charge in [-0.1, -0.05) is 66.3 Å². The van der Waals surface area contributed by atoms with Gasteiger partial charge >= 0.3 is 0 Å². The summed E-state index contributed by atoms with van der Waals surface area (Å²) in [5, 5.41) is 9.10. The number of hydrogen-bond donors (Lipinski definition) is 2. The summed E-state index contributed by atoms with van der Waals surface area (Å²) in [6, 6.07) is 11.0. The first-order chi connectivity index (χ1) is 17.8. The van der Waals surface area contributed by atoms with Gasteiger partial charge in [0.15, 0.2) is 0 Å². The molecule has 0 aromatic heterocycles. The van der Waals surface area contributed by atoms with Crippen molar-refractivity contribution in [2.75, 3.05) is 19.7 Å². The van der Waals surface area contributed by atoms with Crippen LogP contribution in [0.1, 0.15) is 56.5 Å². The Hall–Kier alpha value is -4.60. The fraction of sp³-hybridized carbons (Fsp3) is 0.312. The van der Waals surface area contributed by atoms with Crippen LogP contribution in [0.4, 0.5) is 0 Å². The smallest absolute Gasteiger partial charge is 0.0445 e. The molecule has 1 aliphatic rings. The van der Waals surface area contributed by atoms with E-state index in [9.17, 15) is 0 Å². The van der Waals surface area contributed by atoms with E-state index in [1.165, 1.54) is 31.4 Å². The molecule has 2 N–H and O–H groups in total. The van der Waals surface area contributed by atoms with Crippen LogP contribution >= 0.6 is 0 Å². The molecule has 1 saturated heterocycles. The number of nitroso groups, excluding NO2 is 1. The van der Waals surface area contributed by atoms with E-state index in [2.05, 4.69) is 130 Å². The maximum atomic E-state index is 9.10. The molecular weight excluding hydrogens is 444 g/mol. The molecule has 0 radical (unpaired) electrons. The van der Waals surface area contributed by atoms with Crippen LogP contribution < -0.4 is 0 Å². The summed E-state index contributed by atoms with van der Waals surface area (Å²) in [4.78, 5) is 10.00. The van der Waals surface area contributed by atoms with Crippen molar-refractivity contribution in [2.45, 2.75) is 45.6 Å². The highest BCUT2D eigenvalue weighted by atomic mass is 16.3. The summed E-state index contributed by atoms with van der Waals surface area (Å²) in [6.07, 6.45) is 9.18. The molecule has 1 atom stereocenters. The first-order valence-corrected chi connectivity index (χ1v) is 11.4. The van der Waals surface area contributed by atoms with Gasteiger partial charge in [-0.3, -0.25) is 4.90 Å². The lowest BCUT2D eigenvalue weighted by molar-refractivity contribution is 0.132. The Morgan fingerprint density at radius 2 is 1.36 bits per heavy atom. The minimum atomic E-state index is 0. The first kappa shape index (κ1) is 31.4. The Balaban J connectivity index is -0.0000000645. The highest BCUT2D eigenvalue weighted by Gasteiger charge is 2.20. The van der Waals surface area contributed by atoms with Gasteiger partial charge in [0, 0.05) is 30.6 Å². The van der Waals surface area contributed by atoms with Gasteiger partial charge in [0.25, 0.3) is 0 Å². The molecule has 1 unspecified atom stereocenters. The van der Waals surface area contributed by atoms with Crippen LogP contribution in [0.2, 0.25) is 0 Å². The quantitative estimate of drug-likeness (QED) is 0.377. The Morgan fingerprint density at radius 3 is 1.83 bits per heavy atom. The molecule has 36 heavy (non-hydrogen) atoms. The van der Waals surface area contributed by atoms with Gasteiger partial charge in [-0.05, 0) is 116 Å². The second-order valence-corrected chi connectivity index (χ2v) is 6.97. The summed E-state index contributed by atoms with van der Waals surface area (Å²) >= 11 is 0. The van der Waals surface area contributed by atoms with E-state index < -0.39 is 0 Å². The molecule has 0 saturated carbocycles. The van der Waals surface area contributed by atoms with Crippen molar-refractivity contribution < 1.29 is 16.5 Å². The van der Waals surface area contributed by atoms with E-state index in [1.807, 2.05) is 6.07 Å². The number of rotatable bonds is 5. The lowest BCUT2D eigenvalue weighted by Crippen LogP contribution is -2.40. The molecule has 0 spiro atoms. The summed E-state index contributed by atoms with van der Waals surface area (Å²) in [5.41, 5.74) is 5.76. The van der Waals surface area contributed by atoms with Crippen LogP contribution in [-0.2, 0) is 0 Å². The van der Waals surface area contributed by atoms with Crippen molar-refractivity contribution >= 4 is 6.08 Å². The van der Waals surface area contributed by atoms with Crippen molar-refractivity contribution in [2.24, 2.45) is 0 Å². The normalized spacial score (nSPS) is 12.6. The Morgan fingerprint density at radius 1 is 0.861 bits per heavy atom. The Labute approximate surface area is 228 Å². The fourth-order valence-electron chi connectivity index (χ4n) is 3.10. The molecule has 4 nitrogen and oxygen atoms in total. The molecule has 1 aliphatic heterocycles. The summed E-state index contributed by atoms with van der Waals surface area (Å²) in [7, 11) is 0. The van der Waals surface area contributed by atoms with Crippen molar-refractivity contribution in [3.63, 3.8) is 0 Å². The Bertz CT molecular complexity index is 1200. The predicted octanol–water partition coefficient (Wildman–Crippen LogP) is 6.29. The maximum Gasteiger partial charge on any atom is 0.0445 e. The number of nitrogens with one attached hydrogen (secondary N) is 1. The fourth-order valence-corrected chi connectivity index (χ4v) is 3.10. The number of hydrogen-bond acceptors (Lipinski definition) is 4. The van der Waals surface area contributed by atoms with Crippen LogP contribution in [0.15, 0.2) is 36.4 Å². The number of benzene rings is 1. The third kappa shape index (κ3) is 17.9. The number of nitrogens with zero attached hydrogens (tertiary/aromatic N) is 1. The monoisotopic (exact) mass is 490 g/mol. The van der Waals surface area contributed by atoms with Gasteiger partial charge < -0.3 is 5.11 Å². The van der Waals surface area contributed by atoms with E-state index in [-0.39, 0.29) is 11.4 Å². The molecule has 1 heterocycles. The second kappa shape index (κ2) is 25.0. The van der Waals surface area contributed by atoms with Gasteiger partial charge in [-0.2, -0.15) is 4.91 Å². The van der Waals surface area contributed by atoms with Crippen LogP contribution in [0.3, 0.4) is 0 Å². The van der Waals surface area contributed by atoms with Gasteiger partial charge in [0.1, 0.15) is 0 Å². The largest absolute Gasteiger partial charge is 0.396 e. The van der Waals surface area contributed by atoms with Crippen LogP contribution in [0, 0.1) is 93.4 Å². The van der Waals surface area contributed by atoms with Crippen LogP contribution in [-0.4, -0.2) is 35.7 Å². The van der Waals surface area contributed by atoms with Crippen LogP contribution in [0.5, 0.6) is 0 Å². The van der Waals surface area contributed by atoms with Gasteiger partial charge in [-0.15, -0.1) is 0 Å². The number of aliphatic hydroxyl groups is 1. The lowest BCUT2D eigenvalue weighted by Gasteiger charge is -2.34. The lowest BCUT2D eigenvalue weighted by atomic mass is 9.99. The number of aliphatic hydroxyl groups excluding tert-OH is 1. The molecule has 2 rings (SSSR count). The number of likely N-dealkylation sites (tertiary alicyclic amines) is 1. The molecule has 1 fully saturated rings. The van der Waals surface area contributed by atoms with E-state index in [1.54, 1.807) is 13.8 Å². The van der Waals surface area contributed by atoms with Gasteiger partial charge in [0.05, 0.1) is 0 Å². The third-order valence-corrected chi connectivity index (χ3v) is 4.60. The molecule has 0 bridgehead atoms. The van der Waals surface area contributed by atoms with E-state index in [0.717, 1.165) is 13.0 Å².